The molecule has 2 N–H and O–H groups in total. The number of hydrogen-bond acceptors (Lipinski definition) is 3. The topological polar surface area (TPSA) is 49.7 Å². The molecule has 0 spiro atoms. The van der Waals surface area contributed by atoms with E-state index >= 15 is 0 Å². The molecule has 0 unspecified atom stereocenters. The zero-order chi connectivity index (χ0) is 10.8. The van der Waals surface area contributed by atoms with Crippen molar-refractivity contribution in [3.63, 3.8) is 0 Å². The van der Waals surface area contributed by atoms with Gasteiger partial charge in [0.05, 0.1) is 0 Å². The summed E-state index contributed by atoms with van der Waals surface area (Å²) in [5.74, 6) is -0.401. The van der Waals surface area contributed by atoms with E-state index in [1.807, 2.05) is 0 Å². The number of alkyl halides is 3. The molecule has 0 radical (unpaired) electrons. The summed E-state index contributed by atoms with van der Waals surface area (Å²) < 4.78 is 38.6. The van der Waals surface area contributed by atoms with Crippen molar-refractivity contribution in [2.24, 2.45) is 0 Å². The number of benzene rings is 1. The highest BCUT2D eigenvalue weighted by atomic mass is 19.4. The first kappa shape index (κ1) is 10.9. The lowest BCUT2D eigenvalue weighted by atomic mass is 9.80. The monoisotopic (exact) mass is 210 g/mol. The normalized spacial score (nSPS) is 11.2. The minimum absolute atomic E-state index is 0. The highest BCUT2D eigenvalue weighted by molar-refractivity contribution is 6.58. The van der Waals surface area contributed by atoms with E-state index in [9.17, 15) is 13.2 Å². The molecule has 0 aliphatic carbocycles. The molecule has 7 heteroatoms. The first-order valence-electron chi connectivity index (χ1n) is 3.60. The van der Waals surface area contributed by atoms with Gasteiger partial charge in [0.1, 0.15) is 5.75 Å². The summed E-state index contributed by atoms with van der Waals surface area (Å²) >= 11 is 0. The second-order valence-electron chi connectivity index (χ2n) is 2.49. The lowest BCUT2D eigenvalue weighted by Gasteiger charge is -2.08. The number of rotatable bonds is 2. The molecular weight excluding hydrogens is 200 g/mol. The third-order valence-electron chi connectivity index (χ3n) is 1.41. The van der Waals surface area contributed by atoms with E-state index in [1.165, 1.54) is 0 Å². The van der Waals surface area contributed by atoms with Crippen LogP contribution in [0.4, 0.5) is 13.2 Å². The van der Waals surface area contributed by atoms with E-state index < -0.39 is 19.2 Å². The third-order valence-corrected chi connectivity index (χ3v) is 1.41. The van der Waals surface area contributed by atoms with Crippen molar-refractivity contribution in [1.82, 2.24) is 0 Å². The van der Waals surface area contributed by atoms with Crippen molar-refractivity contribution in [1.29, 1.82) is 0 Å². The zero-order valence-corrected chi connectivity index (χ0v) is 6.82. The highest BCUT2D eigenvalue weighted by Crippen LogP contribution is 2.21. The zero-order valence-electron chi connectivity index (χ0n) is 6.82. The molecule has 1 aromatic rings. The molecule has 0 heterocycles. The molecule has 0 aromatic heterocycles. The molecule has 0 atom stereocenters. The van der Waals surface area contributed by atoms with Crippen LogP contribution in [0.15, 0.2) is 24.3 Å². The van der Waals surface area contributed by atoms with Crippen LogP contribution in [0.25, 0.3) is 0 Å². The molecule has 1 aromatic carbocycles. The second kappa shape index (κ2) is 3.89. The molecule has 80 valence electrons. The van der Waals surface area contributed by atoms with Gasteiger partial charge in [-0.1, -0.05) is 12.1 Å². The first-order chi connectivity index (χ1) is 6.38. The van der Waals surface area contributed by atoms with Crippen LogP contribution in [-0.4, -0.2) is 23.5 Å². The van der Waals surface area contributed by atoms with Gasteiger partial charge < -0.3 is 14.8 Å². The fourth-order valence-corrected chi connectivity index (χ4v) is 0.842. The van der Waals surface area contributed by atoms with Gasteiger partial charge in [0, 0.05) is 2.85 Å². The van der Waals surface area contributed by atoms with Crippen LogP contribution in [0.3, 0.4) is 0 Å². The van der Waals surface area contributed by atoms with Gasteiger partial charge in [-0.25, -0.2) is 0 Å². The third kappa shape index (κ3) is 3.27. The summed E-state index contributed by atoms with van der Waals surface area (Å²) in [6.07, 6.45) is -4.74. The Bertz CT molecular complexity index is 305. The van der Waals surface area contributed by atoms with Crippen molar-refractivity contribution in [2.45, 2.75) is 6.36 Å². The predicted molar refractivity (Wildman–Crippen MR) is 47.2 cm³/mol. The largest absolute Gasteiger partial charge is 0.573 e. The van der Waals surface area contributed by atoms with E-state index in [1.54, 1.807) is 0 Å². The minimum atomic E-state index is -4.74. The molecule has 0 fully saturated rings. The quantitative estimate of drug-likeness (QED) is 0.708. The Kier molecular flexibility index (Phi) is 3.02. The number of ether oxygens (including phenoxy) is 1. The van der Waals surface area contributed by atoms with Gasteiger partial charge in [-0.15, -0.1) is 13.2 Å². The molecule has 0 bridgehead atoms. The van der Waals surface area contributed by atoms with Crippen LogP contribution in [0.2, 0.25) is 0 Å². The smallest absolute Gasteiger partial charge is 0.423 e. The van der Waals surface area contributed by atoms with Crippen LogP contribution < -0.4 is 10.2 Å². The van der Waals surface area contributed by atoms with Crippen molar-refractivity contribution < 1.29 is 30.8 Å². The fraction of sp³-hybridized carbons (Fsp3) is 0.143. The van der Waals surface area contributed by atoms with Gasteiger partial charge in [-0.05, 0) is 17.6 Å². The van der Waals surface area contributed by atoms with Gasteiger partial charge in [-0.3, -0.25) is 0 Å². The standard InChI is InChI=1S/C7H6BF3O3.2H2/c9-7(10,11)14-6-3-1-5(2-4-6)8(12)13;;/h1-4,12-13H;2*1H. The average Bonchev–Trinajstić information content (AvgIpc) is 2.02. The Morgan fingerprint density at radius 1 is 1.14 bits per heavy atom. The Balaban J connectivity index is 0. The van der Waals surface area contributed by atoms with Gasteiger partial charge in [-0.2, -0.15) is 0 Å². The van der Waals surface area contributed by atoms with Gasteiger partial charge in [0.25, 0.3) is 0 Å². The minimum Gasteiger partial charge on any atom is -0.423 e. The van der Waals surface area contributed by atoms with E-state index in [-0.39, 0.29) is 8.32 Å². The van der Waals surface area contributed by atoms with Crippen LogP contribution >= 0.6 is 0 Å². The lowest BCUT2D eigenvalue weighted by molar-refractivity contribution is -0.274. The maximum atomic E-state index is 11.7. The maximum absolute atomic E-state index is 11.7. The molecule has 0 amide bonds. The summed E-state index contributed by atoms with van der Waals surface area (Å²) in [6, 6.07) is 4.27. The van der Waals surface area contributed by atoms with Crippen molar-refractivity contribution in [2.75, 3.05) is 0 Å². The number of hydrogen-bond donors (Lipinski definition) is 2. The highest BCUT2D eigenvalue weighted by Gasteiger charge is 2.31. The maximum Gasteiger partial charge on any atom is 0.573 e. The molecule has 1 rings (SSSR count). The SMILES string of the molecule is OB(O)c1ccc(OC(F)(F)F)cc1.[HH].[HH]. The van der Waals surface area contributed by atoms with Crippen molar-refractivity contribution >= 4 is 12.6 Å². The van der Waals surface area contributed by atoms with E-state index in [0.717, 1.165) is 24.3 Å². The molecule has 3 nitrogen and oxygen atoms in total. The van der Waals surface area contributed by atoms with Gasteiger partial charge in [0.15, 0.2) is 0 Å². The van der Waals surface area contributed by atoms with Crippen LogP contribution in [0, 0.1) is 0 Å². The Morgan fingerprint density at radius 2 is 1.64 bits per heavy atom. The lowest BCUT2D eigenvalue weighted by Crippen LogP contribution is -2.29. The summed E-state index contributed by atoms with van der Waals surface area (Å²) in [7, 11) is -1.70. The van der Waals surface area contributed by atoms with Crippen molar-refractivity contribution in [3.8, 4) is 5.75 Å². The summed E-state index contributed by atoms with van der Waals surface area (Å²) in [6.45, 7) is 0. The van der Waals surface area contributed by atoms with E-state index in [4.69, 9.17) is 10.0 Å². The van der Waals surface area contributed by atoms with Crippen LogP contribution in [-0.2, 0) is 0 Å². The molecule has 0 saturated heterocycles. The first-order valence-corrected chi connectivity index (χ1v) is 3.60. The van der Waals surface area contributed by atoms with Gasteiger partial charge in [0.2, 0.25) is 0 Å². The molecular formula is C7H10BF3O3. The van der Waals surface area contributed by atoms with Gasteiger partial charge >= 0.3 is 13.5 Å². The van der Waals surface area contributed by atoms with Crippen LogP contribution in [0.1, 0.15) is 2.85 Å². The Labute approximate surface area is 80.9 Å². The number of halogens is 3. The summed E-state index contributed by atoms with van der Waals surface area (Å²) in [5, 5.41) is 17.3. The summed E-state index contributed by atoms with van der Waals surface area (Å²) in [5.41, 5.74) is 0.0968. The fourth-order valence-electron chi connectivity index (χ4n) is 0.842. The Morgan fingerprint density at radius 3 is 2.00 bits per heavy atom. The second-order valence-corrected chi connectivity index (χ2v) is 2.49. The van der Waals surface area contributed by atoms with E-state index in [2.05, 4.69) is 4.74 Å². The average molecular weight is 210 g/mol. The molecule has 14 heavy (non-hydrogen) atoms. The van der Waals surface area contributed by atoms with Crippen LogP contribution in [0.5, 0.6) is 5.75 Å². The molecule has 0 aliphatic heterocycles. The van der Waals surface area contributed by atoms with Crippen molar-refractivity contribution in [3.05, 3.63) is 24.3 Å². The molecule has 0 aliphatic rings. The summed E-state index contributed by atoms with van der Waals surface area (Å²) in [4.78, 5) is 0. The Hall–Kier alpha value is -1.21. The van der Waals surface area contributed by atoms with E-state index in [0.29, 0.717) is 0 Å². The predicted octanol–water partition coefficient (Wildman–Crippen LogP) is 0.757. The molecule has 0 saturated carbocycles.